The minimum absolute atomic E-state index is 0.191. The highest BCUT2D eigenvalue weighted by atomic mass is 32.2. The average Bonchev–Trinajstić information content (AvgIpc) is 3.19. The van der Waals surface area contributed by atoms with Gasteiger partial charge in [-0.2, -0.15) is 13.5 Å². The second kappa shape index (κ2) is 8.88. The summed E-state index contributed by atoms with van der Waals surface area (Å²) in [7, 11) is -3.29. The Kier molecular flexibility index (Phi) is 6.28. The monoisotopic (exact) mass is 435 g/mol. The van der Waals surface area contributed by atoms with E-state index in [0.717, 1.165) is 11.6 Å². The Labute approximate surface area is 171 Å². The molecule has 158 valence electrons. The normalized spacial score (nSPS) is 11.2. The van der Waals surface area contributed by atoms with E-state index < -0.39 is 22.1 Å². The molecule has 0 spiro atoms. The van der Waals surface area contributed by atoms with Gasteiger partial charge in [0.1, 0.15) is 18.5 Å². The fourth-order valence-electron chi connectivity index (χ4n) is 2.72. The third kappa shape index (κ3) is 5.75. The first-order chi connectivity index (χ1) is 14.2. The van der Waals surface area contributed by atoms with Gasteiger partial charge in [-0.15, -0.1) is 0 Å². The summed E-state index contributed by atoms with van der Waals surface area (Å²) < 4.78 is 52.5. The molecule has 0 saturated carbocycles. The maximum Gasteiger partial charge on any atom is 0.357 e. The first kappa shape index (κ1) is 21.2. The van der Waals surface area contributed by atoms with Crippen molar-refractivity contribution in [3.63, 3.8) is 0 Å². The molecule has 12 heteroatoms. The summed E-state index contributed by atoms with van der Waals surface area (Å²) in [4.78, 5) is 15.9. The molecule has 1 heterocycles. The van der Waals surface area contributed by atoms with Crippen molar-refractivity contribution in [3.8, 4) is 0 Å². The lowest BCUT2D eigenvalue weighted by molar-refractivity contribution is 0.0600. The smallest absolute Gasteiger partial charge is 0.357 e. The van der Waals surface area contributed by atoms with Gasteiger partial charge in [0, 0.05) is 12.2 Å². The number of benzene rings is 2. The molecule has 0 fully saturated rings. The van der Waals surface area contributed by atoms with Crippen molar-refractivity contribution in [2.24, 2.45) is 0 Å². The predicted molar refractivity (Wildman–Crippen MR) is 106 cm³/mol. The summed E-state index contributed by atoms with van der Waals surface area (Å²) in [5.41, 5.74) is 1.83. The number of rotatable bonds is 8. The molecule has 0 bridgehead atoms. The maximum absolute atomic E-state index is 14.1. The molecule has 0 aliphatic heterocycles. The van der Waals surface area contributed by atoms with Gasteiger partial charge >= 0.3 is 16.3 Å². The van der Waals surface area contributed by atoms with Gasteiger partial charge in [0.05, 0.1) is 24.9 Å². The Bertz CT molecular complexity index is 1150. The average molecular weight is 435 g/mol. The van der Waals surface area contributed by atoms with Crippen LogP contribution in [0, 0.1) is 5.82 Å². The van der Waals surface area contributed by atoms with Crippen LogP contribution in [-0.4, -0.2) is 40.8 Å². The van der Waals surface area contributed by atoms with E-state index >= 15 is 0 Å². The van der Waals surface area contributed by atoms with Crippen molar-refractivity contribution < 1.29 is 26.9 Å². The fraction of sp³-hybridized carbons (Fsp3) is 0.167. The molecule has 30 heavy (non-hydrogen) atoms. The lowest BCUT2D eigenvalue weighted by Gasteiger charge is -2.12. The molecule has 0 amide bonds. The molecule has 0 aliphatic carbocycles. The first-order valence-electron chi connectivity index (χ1n) is 8.56. The lowest BCUT2D eigenvalue weighted by atomic mass is 10.1. The lowest BCUT2D eigenvalue weighted by Crippen LogP contribution is -2.12. The summed E-state index contributed by atoms with van der Waals surface area (Å²) in [6, 6.07) is 8.89. The molecule has 3 rings (SSSR count). The zero-order chi connectivity index (χ0) is 21.7. The highest BCUT2D eigenvalue weighted by Crippen LogP contribution is 2.20. The summed E-state index contributed by atoms with van der Waals surface area (Å²) >= 11 is 0. The molecule has 0 radical (unpaired) electrons. The van der Waals surface area contributed by atoms with E-state index in [-0.39, 0.29) is 12.2 Å². The number of carbonyl (C=O) groups excluding carboxylic acids is 1. The maximum atomic E-state index is 14.1. The van der Waals surface area contributed by atoms with Crippen molar-refractivity contribution in [1.82, 2.24) is 14.8 Å². The molecule has 1 aromatic heterocycles. The van der Waals surface area contributed by atoms with Crippen LogP contribution in [-0.2, 0) is 28.1 Å². The van der Waals surface area contributed by atoms with Gasteiger partial charge in [-0.25, -0.2) is 18.9 Å². The molecule has 3 aromatic rings. The van der Waals surface area contributed by atoms with E-state index in [4.69, 9.17) is 9.29 Å². The predicted octanol–water partition coefficient (Wildman–Crippen LogP) is 2.08. The van der Waals surface area contributed by atoms with Crippen LogP contribution in [0.3, 0.4) is 0 Å². The Balaban J connectivity index is 1.78. The summed E-state index contributed by atoms with van der Waals surface area (Å²) in [6.45, 7) is 0.570. The van der Waals surface area contributed by atoms with Gasteiger partial charge in [-0.1, -0.05) is 6.07 Å². The van der Waals surface area contributed by atoms with E-state index in [9.17, 15) is 17.6 Å². The van der Waals surface area contributed by atoms with Crippen molar-refractivity contribution >= 4 is 27.6 Å². The number of aromatic nitrogens is 3. The largest absolute Gasteiger partial charge is 0.465 e. The van der Waals surface area contributed by atoms with E-state index in [1.807, 2.05) is 0 Å². The quantitative estimate of drug-likeness (QED) is 0.361. The van der Waals surface area contributed by atoms with Crippen LogP contribution in [0.2, 0.25) is 0 Å². The fourth-order valence-corrected chi connectivity index (χ4v) is 3.16. The summed E-state index contributed by atoms with van der Waals surface area (Å²) in [6.07, 6.45) is 2.95. The minimum Gasteiger partial charge on any atom is -0.465 e. The molecule has 3 N–H and O–H groups in total. The van der Waals surface area contributed by atoms with E-state index in [2.05, 4.69) is 15.4 Å². The van der Waals surface area contributed by atoms with Crippen LogP contribution in [0.15, 0.2) is 49.1 Å². The van der Waals surface area contributed by atoms with Crippen molar-refractivity contribution in [1.29, 1.82) is 0 Å². The Morgan fingerprint density at radius 1 is 1.23 bits per heavy atom. The highest BCUT2D eigenvalue weighted by Gasteiger charge is 2.12. The van der Waals surface area contributed by atoms with Gasteiger partial charge in [0.2, 0.25) is 0 Å². The zero-order valence-corrected chi connectivity index (χ0v) is 16.6. The number of ether oxygens (including phenoxy) is 1. The van der Waals surface area contributed by atoms with Gasteiger partial charge in [0.25, 0.3) is 0 Å². The molecule has 0 unspecified atom stereocenters. The first-order valence-corrected chi connectivity index (χ1v) is 10.00. The minimum atomic E-state index is -4.57. The highest BCUT2D eigenvalue weighted by molar-refractivity contribution is 7.87. The number of carbonyl (C=O) groups is 1. The van der Waals surface area contributed by atoms with Crippen LogP contribution >= 0.6 is 0 Å². The molecule has 2 aromatic carbocycles. The standard InChI is InChI=1S/C18H18FN5O5S/c1-29-18(25)14-4-13(9-24-11-20-10-22-24)5-15(7-14)21-8-12-2-3-17(16(19)6-12)23-30(26,27)28/h2-7,10-11,21,23H,8-9H2,1H3,(H,26,27,28). The number of methoxy groups -OCH3 is 1. The number of hydrogen-bond donors (Lipinski definition) is 3. The van der Waals surface area contributed by atoms with E-state index in [1.54, 1.807) is 33.9 Å². The topological polar surface area (TPSA) is 135 Å². The van der Waals surface area contributed by atoms with Gasteiger partial charge in [-0.3, -0.25) is 9.27 Å². The molecular weight excluding hydrogens is 417 g/mol. The number of hydrogen-bond acceptors (Lipinski definition) is 7. The summed E-state index contributed by atoms with van der Waals surface area (Å²) in [5.74, 6) is -1.35. The number of anilines is 2. The molecule has 0 aliphatic rings. The van der Waals surface area contributed by atoms with Crippen LogP contribution < -0.4 is 10.0 Å². The van der Waals surface area contributed by atoms with Gasteiger partial charge < -0.3 is 10.1 Å². The zero-order valence-electron chi connectivity index (χ0n) is 15.7. The Morgan fingerprint density at radius 3 is 2.67 bits per heavy atom. The third-order valence-corrected chi connectivity index (χ3v) is 4.47. The second-order valence-electron chi connectivity index (χ2n) is 6.25. The number of nitrogens with zero attached hydrogens (tertiary/aromatic N) is 3. The molecule has 0 saturated heterocycles. The number of halogens is 1. The van der Waals surface area contributed by atoms with Crippen LogP contribution in [0.5, 0.6) is 0 Å². The molecular formula is C18H18FN5O5S. The third-order valence-electron chi connectivity index (χ3n) is 3.99. The SMILES string of the molecule is COC(=O)c1cc(Cn2cncn2)cc(NCc2ccc(NS(=O)(=O)O)c(F)c2)c1. The van der Waals surface area contributed by atoms with Crippen LogP contribution in [0.25, 0.3) is 0 Å². The van der Waals surface area contributed by atoms with Gasteiger partial charge in [0.15, 0.2) is 0 Å². The Hall–Kier alpha value is -3.51. The summed E-state index contributed by atoms with van der Waals surface area (Å²) in [5, 5.41) is 7.12. The van der Waals surface area contributed by atoms with Crippen LogP contribution in [0.4, 0.5) is 15.8 Å². The Morgan fingerprint density at radius 2 is 2.03 bits per heavy atom. The van der Waals surface area contributed by atoms with Crippen LogP contribution in [0.1, 0.15) is 21.5 Å². The number of esters is 1. The van der Waals surface area contributed by atoms with Gasteiger partial charge in [-0.05, 0) is 41.5 Å². The van der Waals surface area contributed by atoms with E-state index in [1.165, 1.54) is 25.6 Å². The second-order valence-corrected chi connectivity index (χ2v) is 7.40. The molecule has 0 atom stereocenters. The van der Waals surface area contributed by atoms with Crippen molar-refractivity contribution in [3.05, 3.63) is 71.6 Å². The number of nitrogens with one attached hydrogen (secondary N) is 2. The molecule has 10 nitrogen and oxygen atoms in total. The van der Waals surface area contributed by atoms with Crippen molar-refractivity contribution in [2.75, 3.05) is 17.1 Å². The van der Waals surface area contributed by atoms with E-state index in [0.29, 0.717) is 23.4 Å². The van der Waals surface area contributed by atoms with Crippen molar-refractivity contribution in [2.45, 2.75) is 13.1 Å².